The predicted octanol–water partition coefficient (Wildman–Crippen LogP) is 6.82. The van der Waals surface area contributed by atoms with Crippen LogP contribution < -0.4 is 0 Å². The summed E-state index contributed by atoms with van der Waals surface area (Å²) < 4.78 is 14.6. The maximum Gasteiger partial charge on any atom is 0.253 e. The molecular weight excluding hydrogens is 463 g/mol. The van der Waals surface area contributed by atoms with Gasteiger partial charge in [-0.05, 0) is 74.6 Å². The minimum atomic E-state index is -0.589. The van der Waals surface area contributed by atoms with Crippen LogP contribution in [0.1, 0.15) is 64.5 Å². The first kappa shape index (κ1) is 29.5. The van der Waals surface area contributed by atoms with Crippen molar-refractivity contribution in [3.8, 4) is 6.07 Å². The van der Waals surface area contributed by atoms with Gasteiger partial charge in [-0.1, -0.05) is 39.0 Å². The molecule has 0 N–H and O–H groups in total. The SMILES string of the molecule is C/C=C(\C=C(\c1ccc(C#N)c(F)c1)N(C)C1=C/C(=C/CC)C(=NC)C=C1)C(=O)N1CCCCC1.CC. The van der Waals surface area contributed by atoms with Crippen molar-refractivity contribution in [2.45, 2.75) is 53.4 Å². The summed E-state index contributed by atoms with van der Waals surface area (Å²) in [6, 6.07) is 6.43. The van der Waals surface area contributed by atoms with Gasteiger partial charge in [0.2, 0.25) is 0 Å². The van der Waals surface area contributed by atoms with E-state index in [1.165, 1.54) is 12.1 Å². The van der Waals surface area contributed by atoms with Gasteiger partial charge >= 0.3 is 0 Å². The predicted molar refractivity (Wildman–Crippen MR) is 151 cm³/mol. The van der Waals surface area contributed by atoms with E-state index < -0.39 is 5.82 Å². The molecule has 0 saturated carbocycles. The standard InChI is InChI=1S/C29H33FN4O.C2H6/c1-5-10-22-17-25(13-14-27(22)32-3)33(4)28(23-11-12-24(20-31)26(30)18-23)19-21(6-2)29(35)34-15-8-7-9-16-34;1-2/h6,10-14,17-19H,5,7-9,15-16H2,1-4H3;1-2H3/b21-6+,22-10-,28-19-,32-27?;. The van der Waals surface area contributed by atoms with Crippen LogP contribution in [0.2, 0.25) is 0 Å². The van der Waals surface area contributed by atoms with Crippen molar-refractivity contribution in [3.63, 3.8) is 0 Å². The minimum Gasteiger partial charge on any atom is -0.344 e. The number of likely N-dealkylation sites (tertiary alicyclic amines) is 1. The summed E-state index contributed by atoms with van der Waals surface area (Å²) in [6.07, 6.45) is 15.7. The van der Waals surface area contributed by atoms with Crippen molar-refractivity contribution in [2.24, 2.45) is 4.99 Å². The first-order valence-electron chi connectivity index (χ1n) is 13.1. The molecule has 1 fully saturated rings. The van der Waals surface area contributed by atoms with Gasteiger partial charge in [0, 0.05) is 49.7 Å². The molecule has 1 heterocycles. The zero-order valence-corrected chi connectivity index (χ0v) is 23.0. The van der Waals surface area contributed by atoms with Gasteiger partial charge in [-0.25, -0.2) is 4.39 Å². The van der Waals surface area contributed by atoms with Gasteiger partial charge in [0.15, 0.2) is 0 Å². The van der Waals surface area contributed by atoms with E-state index >= 15 is 0 Å². The number of carbonyl (C=O) groups excluding carboxylic acids is 1. The number of allylic oxidation sites excluding steroid dienone is 6. The van der Waals surface area contributed by atoms with Gasteiger partial charge in [0.25, 0.3) is 5.91 Å². The third-order valence-electron chi connectivity index (χ3n) is 6.30. The highest BCUT2D eigenvalue weighted by atomic mass is 19.1. The number of amides is 1. The number of hydrogen-bond acceptors (Lipinski definition) is 4. The van der Waals surface area contributed by atoms with Crippen LogP contribution in [-0.2, 0) is 4.79 Å². The number of benzene rings is 1. The van der Waals surface area contributed by atoms with E-state index in [1.807, 2.05) is 68.0 Å². The fraction of sp³-hybridized carbons (Fsp3) is 0.387. The summed E-state index contributed by atoms with van der Waals surface area (Å²) in [5, 5.41) is 9.18. The molecule has 1 amide bonds. The molecule has 6 heteroatoms. The lowest BCUT2D eigenvalue weighted by Gasteiger charge is -2.29. The molecule has 196 valence electrons. The van der Waals surface area contributed by atoms with Crippen molar-refractivity contribution in [2.75, 3.05) is 27.2 Å². The van der Waals surface area contributed by atoms with Crippen LogP contribution >= 0.6 is 0 Å². The number of hydrogen-bond donors (Lipinski definition) is 0. The van der Waals surface area contributed by atoms with Crippen molar-refractivity contribution in [1.82, 2.24) is 9.80 Å². The highest BCUT2D eigenvalue weighted by Gasteiger charge is 2.22. The molecule has 3 rings (SSSR count). The quantitative estimate of drug-likeness (QED) is 0.317. The Morgan fingerprint density at radius 2 is 1.92 bits per heavy atom. The normalized spacial score (nSPS) is 18.2. The largest absolute Gasteiger partial charge is 0.344 e. The molecule has 1 aliphatic heterocycles. The molecule has 0 bridgehead atoms. The Kier molecular flexibility index (Phi) is 11.8. The van der Waals surface area contributed by atoms with Crippen molar-refractivity contribution >= 4 is 17.3 Å². The number of likely N-dealkylation sites (N-methyl/N-ethyl adjacent to an activating group) is 1. The first-order valence-corrected chi connectivity index (χ1v) is 13.1. The molecule has 0 radical (unpaired) electrons. The fourth-order valence-corrected chi connectivity index (χ4v) is 4.31. The summed E-state index contributed by atoms with van der Waals surface area (Å²) in [5.41, 5.74) is 4.58. The number of nitrogens with zero attached hydrogens (tertiary/aromatic N) is 4. The van der Waals surface area contributed by atoms with Gasteiger partial charge in [0.05, 0.1) is 11.3 Å². The van der Waals surface area contributed by atoms with E-state index in [1.54, 1.807) is 19.2 Å². The van der Waals surface area contributed by atoms with Crippen LogP contribution in [0.25, 0.3) is 5.70 Å². The molecule has 1 aromatic carbocycles. The van der Waals surface area contributed by atoms with E-state index in [0.29, 0.717) is 16.8 Å². The smallest absolute Gasteiger partial charge is 0.253 e. The monoisotopic (exact) mass is 502 g/mol. The van der Waals surface area contributed by atoms with E-state index in [0.717, 1.165) is 55.8 Å². The molecule has 0 unspecified atom stereocenters. The van der Waals surface area contributed by atoms with Crippen LogP contribution in [0.3, 0.4) is 0 Å². The number of halogens is 1. The molecule has 0 aromatic heterocycles. The molecule has 0 atom stereocenters. The van der Waals surface area contributed by atoms with Crippen molar-refractivity contribution in [3.05, 3.63) is 88.4 Å². The Morgan fingerprint density at radius 1 is 1.22 bits per heavy atom. The maximum absolute atomic E-state index is 14.6. The zero-order valence-electron chi connectivity index (χ0n) is 23.0. The fourth-order valence-electron chi connectivity index (χ4n) is 4.31. The van der Waals surface area contributed by atoms with Gasteiger partial charge in [-0.15, -0.1) is 0 Å². The molecular formula is C31H39FN4O. The number of aliphatic imine (C=N–C) groups is 1. The lowest BCUT2D eigenvalue weighted by molar-refractivity contribution is -0.127. The molecule has 2 aliphatic rings. The number of carbonyl (C=O) groups is 1. The van der Waals surface area contributed by atoms with Crippen molar-refractivity contribution < 1.29 is 9.18 Å². The number of piperidine rings is 1. The first-order chi connectivity index (χ1) is 17.9. The van der Waals surface area contributed by atoms with E-state index in [9.17, 15) is 14.4 Å². The van der Waals surface area contributed by atoms with Crippen LogP contribution in [0, 0.1) is 17.1 Å². The highest BCUT2D eigenvalue weighted by molar-refractivity contribution is 6.11. The Labute approximate surface area is 221 Å². The molecule has 5 nitrogen and oxygen atoms in total. The van der Waals surface area contributed by atoms with Gasteiger partial charge in [-0.2, -0.15) is 5.26 Å². The molecule has 1 saturated heterocycles. The summed E-state index contributed by atoms with van der Waals surface area (Å²) in [6.45, 7) is 9.42. The highest BCUT2D eigenvalue weighted by Crippen LogP contribution is 2.29. The Bertz CT molecular complexity index is 1190. The summed E-state index contributed by atoms with van der Waals surface area (Å²) in [4.78, 5) is 21.5. The molecule has 0 spiro atoms. The van der Waals surface area contributed by atoms with Crippen LogP contribution in [0.15, 0.2) is 76.5 Å². The average molecular weight is 503 g/mol. The minimum absolute atomic E-state index is 0.0138. The van der Waals surface area contributed by atoms with Gasteiger partial charge < -0.3 is 9.80 Å². The summed E-state index contributed by atoms with van der Waals surface area (Å²) in [5.74, 6) is -0.610. The Balaban J connectivity index is 0.00000235. The maximum atomic E-state index is 14.6. The Morgan fingerprint density at radius 3 is 2.49 bits per heavy atom. The number of nitriles is 1. The van der Waals surface area contributed by atoms with Crippen LogP contribution in [0.4, 0.5) is 4.39 Å². The molecule has 1 aliphatic carbocycles. The number of rotatable bonds is 6. The van der Waals surface area contributed by atoms with Gasteiger partial charge in [-0.3, -0.25) is 9.79 Å². The zero-order chi connectivity index (χ0) is 27.4. The third-order valence-corrected chi connectivity index (χ3v) is 6.30. The summed E-state index contributed by atoms with van der Waals surface area (Å²) >= 11 is 0. The van der Waals surface area contributed by atoms with Crippen LogP contribution in [-0.4, -0.2) is 48.6 Å². The van der Waals surface area contributed by atoms with E-state index in [-0.39, 0.29) is 11.5 Å². The van der Waals surface area contributed by atoms with Crippen LogP contribution in [0.5, 0.6) is 0 Å². The molecule has 37 heavy (non-hydrogen) atoms. The third kappa shape index (κ3) is 7.39. The lowest BCUT2D eigenvalue weighted by atomic mass is 9.99. The Hall–Kier alpha value is -3.72. The second kappa shape index (κ2) is 14.7. The van der Waals surface area contributed by atoms with E-state index in [4.69, 9.17) is 0 Å². The van der Waals surface area contributed by atoms with Crippen molar-refractivity contribution in [1.29, 1.82) is 5.26 Å². The lowest BCUT2D eigenvalue weighted by Crippen LogP contribution is -2.36. The summed E-state index contributed by atoms with van der Waals surface area (Å²) in [7, 11) is 3.66. The second-order valence-corrected chi connectivity index (χ2v) is 8.57. The topological polar surface area (TPSA) is 59.7 Å². The second-order valence-electron chi connectivity index (χ2n) is 8.57. The average Bonchev–Trinajstić information content (AvgIpc) is 2.94. The van der Waals surface area contributed by atoms with E-state index in [2.05, 4.69) is 18.0 Å². The molecule has 1 aromatic rings. The van der Waals surface area contributed by atoms with Gasteiger partial charge in [0.1, 0.15) is 11.9 Å².